The quantitative estimate of drug-likeness (QED) is 0.693. The second-order valence-corrected chi connectivity index (χ2v) is 3.97. The fourth-order valence-electron chi connectivity index (χ4n) is 1.64. The predicted molar refractivity (Wildman–Crippen MR) is 73.4 cm³/mol. The van der Waals surface area contributed by atoms with Crippen LogP contribution in [0.25, 0.3) is 0 Å². The van der Waals surface area contributed by atoms with Gasteiger partial charge in [-0.1, -0.05) is 30.3 Å². The van der Waals surface area contributed by atoms with Gasteiger partial charge in [-0.3, -0.25) is 4.79 Å². The molecule has 0 saturated carbocycles. The third-order valence-electron chi connectivity index (χ3n) is 2.59. The lowest BCUT2D eigenvalue weighted by Crippen LogP contribution is -2.40. The topological polar surface area (TPSA) is 73.6 Å². The standard InChI is InChI=1S/C14H22N2O3/c1-3-18-12(19-4-2)10-16-14(17)13(15)11-8-6-5-7-9-11/h5-9,12-13H,3-4,10,15H2,1-2H3,(H,16,17)/t13-/m1/s1. The molecule has 0 fully saturated rings. The van der Waals surface area contributed by atoms with E-state index in [1.54, 1.807) is 0 Å². The fourth-order valence-corrected chi connectivity index (χ4v) is 1.64. The van der Waals surface area contributed by atoms with Crippen LogP contribution >= 0.6 is 0 Å². The molecule has 0 aromatic heterocycles. The van der Waals surface area contributed by atoms with Crippen LogP contribution in [0.2, 0.25) is 0 Å². The Morgan fingerprint density at radius 2 is 1.79 bits per heavy atom. The second kappa shape index (κ2) is 8.63. The highest BCUT2D eigenvalue weighted by molar-refractivity contribution is 5.82. The zero-order chi connectivity index (χ0) is 14.1. The summed E-state index contributed by atoms with van der Waals surface area (Å²) < 4.78 is 10.7. The molecule has 1 atom stereocenters. The van der Waals surface area contributed by atoms with E-state index in [-0.39, 0.29) is 5.91 Å². The van der Waals surface area contributed by atoms with Crippen LogP contribution in [0.4, 0.5) is 0 Å². The first-order valence-electron chi connectivity index (χ1n) is 6.50. The van der Waals surface area contributed by atoms with Crippen LogP contribution in [-0.4, -0.2) is 32.0 Å². The monoisotopic (exact) mass is 266 g/mol. The van der Waals surface area contributed by atoms with Crippen molar-refractivity contribution in [3.05, 3.63) is 35.9 Å². The van der Waals surface area contributed by atoms with Crippen LogP contribution in [0, 0.1) is 0 Å². The van der Waals surface area contributed by atoms with E-state index in [2.05, 4.69) is 5.32 Å². The van der Waals surface area contributed by atoms with Gasteiger partial charge in [0.1, 0.15) is 6.04 Å². The van der Waals surface area contributed by atoms with E-state index in [1.807, 2.05) is 44.2 Å². The number of carbonyl (C=O) groups is 1. The van der Waals surface area contributed by atoms with E-state index in [9.17, 15) is 4.79 Å². The summed E-state index contributed by atoms with van der Waals surface area (Å²) in [7, 11) is 0. The third-order valence-corrected chi connectivity index (χ3v) is 2.59. The van der Waals surface area contributed by atoms with Crippen molar-refractivity contribution in [2.75, 3.05) is 19.8 Å². The second-order valence-electron chi connectivity index (χ2n) is 3.97. The van der Waals surface area contributed by atoms with Gasteiger partial charge in [-0.25, -0.2) is 0 Å². The molecule has 1 aromatic rings. The third kappa shape index (κ3) is 5.38. The van der Waals surface area contributed by atoms with Crippen LogP contribution in [0.1, 0.15) is 25.5 Å². The molecule has 0 heterocycles. The molecule has 5 nitrogen and oxygen atoms in total. The van der Waals surface area contributed by atoms with Crippen molar-refractivity contribution in [2.45, 2.75) is 26.2 Å². The Balaban J connectivity index is 2.45. The van der Waals surface area contributed by atoms with Gasteiger partial charge in [0.2, 0.25) is 5.91 Å². The average Bonchev–Trinajstić information content (AvgIpc) is 2.45. The van der Waals surface area contributed by atoms with Crippen LogP contribution in [0.15, 0.2) is 30.3 Å². The Labute approximate surface area is 114 Å². The van der Waals surface area contributed by atoms with Gasteiger partial charge in [0.25, 0.3) is 0 Å². The predicted octanol–water partition coefficient (Wildman–Crippen LogP) is 1.20. The number of benzene rings is 1. The molecule has 0 unspecified atom stereocenters. The summed E-state index contributed by atoms with van der Waals surface area (Å²) in [6.07, 6.45) is -0.429. The Hall–Kier alpha value is -1.43. The minimum Gasteiger partial charge on any atom is -0.351 e. The summed E-state index contributed by atoms with van der Waals surface area (Å²) in [6.45, 7) is 5.12. The maximum Gasteiger partial charge on any atom is 0.241 e. The maximum absolute atomic E-state index is 11.9. The number of nitrogens with two attached hydrogens (primary N) is 1. The first-order valence-corrected chi connectivity index (χ1v) is 6.50. The van der Waals surface area contributed by atoms with Crippen LogP contribution in [0.5, 0.6) is 0 Å². The zero-order valence-electron chi connectivity index (χ0n) is 11.5. The van der Waals surface area contributed by atoms with E-state index < -0.39 is 12.3 Å². The maximum atomic E-state index is 11.9. The fraction of sp³-hybridized carbons (Fsp3) is 0.500. The van der Waals surface area contributed by atoms with Crippen LogP contribution < -0.4 is 11.1 Å². The van der Waals surface area contributed by atoms with E-state index in [0.717, 1.165) is 5.56 Å². The van der Waals surface area contributed by atoms with Crippen LogP contribution in [-0.2, 0) is 14.3 Å². The van der Waals surface area contributed by atoms with Gasteiger partial charge in [0, 0.05) is 13.2 Å². The molecule has 1 rings (SSSR count). The number of hydrogen-bond acceptors (Lipinski definition) is 4. The Morgan fingerprint density at radius 1 is 1.21 bits per heavy atom. The number of amides is 1. The highest BCUT2D eigenvalue weighted by atomic mass is 16.7. The Bertz CT molecular complexity index is 364. The van der Waals surface area contributed by atoms with Gasteiger partial charge in [-0.15, -0.1) is 0 Å². The largest absolute Gasteiger partial charge is 0.351 e. The van der Waals surface area contributed by atoms with Gasteiger partial charge < -0.3 is 20.5 Å². The van der Waals surface area contributed by atoms with Crippen LogP contribution in [0.3, 0.4) is 0 Å². The summed E-state index contributed by atoms with van der Waals surface area (Å²) in [5.41, 5.74) is 6.66. The molecule has 0 aliphatic heterocycles. The summed E-state index contributed by atoms with van der Waals surface area (Å²) in [6, 6.07) is 8.57. The van der Waals surface area contributed by atoms with Gasteiger partial charge in [-0.2, -0.15) is 0 Å². The summed E-state index contributed by atoms with van der Waals surface area (Å²) in [4.78, 5) is 11.9. The summed E-state index contributed by atoms with van der Waals surface area (Å²) in [5.74, 6) is -0.240. The van der Waals surface area contributed by atoms with Crippen molar-refractivity contribution in [2.24, 2.45) is 5.73 Å². The molecule has 5 heteroatoms. The minimum absolute atomic E-state index is 0.240. The molecule has 1 aromatic carbocycles. The molecule has 3 N–H and O–H groups in total. The van der Waals surface area contributed by atoms with Gasteiger partial charge in [-0.05, 0) is 19.4 Å². The number of carbonyl (C=O) groups excluding carboxylic acids is 1. The minimum atomic E-state index is -0.676. The van der Waals surface area contributed by atoms with Crippen molar-refractivity contribution < 1.29 is 14.3 Å². The van der Waals surface area contributed by atoms with E-state index >= 15 is 0 Å². The molecule has 19 heavy (non-hydrogen) atoms. The molecule has 0 aliphatic carbocycles. The first kappa shape index (κ1) is 15.6. The molecule has 106 valence electrons. The van der Waals surface area contributed by atoms with E-state index in [1.165, 1.54) is 0 Å². The lowest BCUT2D eigenvalue weighted by molar-refractivity contribution is -0.141. The molecule has 1 amide bonds. The lowest BCUT2D eigenvalue weighted by Gasteiger charge is -2.19. The SMILES string of the molecule is CCOC(CNC(=O)[C@H](N)c1ccccc1)OCC. The average molecular weight is 266 g/mol. The molecule has 0 bridgehead atoms. The van der Waals surface area contributed by atoms with Gasteiger partial charge >= 0.3 is 0 Å². The van der Waals surface area contributed by atoms with Crippen molar-refractivity contribution in [1.29, 1.82) is 0 Å². The number of rotatable bonds is 8. The highest BCUT2D eigenvalue weighted by Crippen LogP contribution is 2.09. The van der Waals surface area contributed by atoms with Crippen molar-refractivity contribution >= 4 is 5.91 Å². The van der Waals surface area contributed by atoms with E-state index in [0.29, 0.717) is 19.8 Å². The lowest BCUT2D eigenvalue weighted by atomic mass is 10.1. The Morgan fingerprint density at radius 3 is 2.32 bits per heavy atom. The summed E-state index contributed by atoms with van der Waals surface area (Å²) >= 11 is 0. The molecule has 0 aliphatic rings. The van der Waals surface area contributed by atoms with Gasteiger partial charge in [0.15, 0.2) is 6.29 Å². The first-order chi connectivity index (χ1) is 9.19. The Kier molecular flexibility index (Phi) is 7.10. The van der Waals surface area contributed by atoms with E-state index in [4.69, 9.17) is 15.2 Å². The van der Waals surface area contributed by atoms with Gasteiger partial charge in [0.05, 0.1) is 6.54 Å². The van der Waals surface area contributed by atoms with Crippen molar-refractivity contribution in [3.8, 4) is 0 Å². The van der Waals surface area contributed by atoms with Crippen molar-refractivity contribution in [1.82, 2.24) is 5.32 Å². The molecular weight excluding hydrogens is 244 g/mol. The number of nitrogens with one attached hydrogen (secondary N) is 1. The van der Waals surface area contributed by atoms with Crippen molar-refractivity contribution in [3.63, 3.8) is 0 Å². The number of ether oxygens (including phenoxy) is 2. The molecule has 0 spiro atoms. The molecule has 0 saturated heterocycles. The number of hydrogen-bond donors (Lipinski definition) is 2. The smallest absolute Gasteiger partial charge is 0.241 e. The normalized spacial score (nSPS) is 12.4. The highest BCUT2D eigenvalue weighted by Gasteiger charge is 2.17. The zero-order valence-corrected chi connectivity index (χ0v) is 11.5. The molecule has 0 radical (unpaired) electrons. The molecular formula is C14H22N2O3. The summed E-state index contributed by atoms with van der Waals surface area (Å²) in [5, 5.41) is 2.74.